The van der Waals surface area contributed by atoms with E-state index in [-0.39, 0.29) is 5.82 Å². The van der Waals surface area contributed by atoms with Crippen molar-refractivity contribution in [2.24, 2.45) is 0 Å². The molecule has 1 aromatic rings. The highest BCUT2D eigenvalue weighted by molar-refractivity contribution is 5.16. The van der Waals surface area contributed by atoms with Gasteiger partial charge in [0.2, 0.25) is 0 Å². The molecule has 0 unspecified atom stereocenters. The first kappa shape index (κ1) is 10.5. The van der Waals surface area contributed by atoms with Gasteiger partial charge in [-0.15, -0.1) is 0 Å². The Morgan fingerprint density at radius 2 is 2.40 bits per heavy atom. The maximum Gasteiger partial charge on any atom is 0.141 e. The highest BCUT2D eigenvalue weighted by atomic mass is 19.1. The quantitative estimate of drug-likeness (QED) is 0.800. The van der Waals surface area contributed by atoms with Crippen molar-refractivity contribution >= 4 is 0 Å². The van der Waals surface area contributed by atoms with Crippen LogP contribution in [0.25, 0.3) is 0 Å². The topological polar surface area (TPSA) is 28.2 Å². The minimum Gasteiger partial charge on any atom is -0.261 e. The van der Waals surface area contributed by atoms with Gasteiger partial charge in [-0.05, 0) is 37.4 Å². The summed E-state index contributed by atoms with van der Waals surface area (Å²) in [6.07, 6.45) is 5.28. The van der Waals surface area contributed by atoms with E-state index >= 15 is 0 Å². The van der Waals surface area contributed by atoms with Crippen molar-refractivity contribution in [2.45, 2.75) is 18.8 Å². The minimum atomic E-state index is -0.242. The van der Waals surface area contributed by atoms with Crippen molar-refractivity contribution in [3.05, 3.63) is 29.8 Å². The Balaban J connectivity index is 2.09. The standard InChI is InChI=1S/C11H16FN3/c1-13-15-4-2-3-9(8-15)10-5-11(12)7-14-6-10/h5-7,9,13H,2-4,8H2,1H3/t9-/m0/s1. The smallest absolute Gasteiger partial charge is 0.141 e. The second kappa shape index (κ2) is 4.68. The molecule has 1 saturated heterocycles. The molecule has 3 nitrogen and oxygen atoms in total. The molecule has 82 valence electrons. The van der Waals surface area contributed by atoms with Crippen LogP contribution in [-0.2, 0) is 0 Å². The van der Waals surface area contributed by atoms with Gasteiger partial charge in [0.05, 0.1) is 6.20 Å². The van der Waals surface area contributed by atoms with Crippen molar-refractivity contribution in [2.75, 3.05) is 20.1 Å². The molecule has 1 atom stereocenters. The van der Waals surface area contributed by atoms with Gasteiger partial charge in [0.25, 0.3) is 0 Å². The first-order chi connectivity index (χ1) is 7.29. The van der Waals surface area contributed by atoms with Gasteiger partial charge in [-0.25, -0.2) is 9.40 Å². The lowest BCUT2D eigenvalue weighted by Crippen LogP contribution is -2.42. The van der Waals surface area contributed by atoms with Crippen LogP contribution in [0.2, 0.25) is 0 Å². The molecule has 0 bridgehead atoms. The Bertz CT molecular complexity index is 329. The normalized spacial score (nSPS) is 22.9. The molecule has 0 amide bonds. The van der Waals surface area contributed by atoms with Gasteiger partial charge >= 0.3 is 0 Å². The monoisotopic (exact) mass is 209 g/mol. The van der Waals surface area contributed by atoms with Crippen LogP contribution in [0.4, 0.5) is 4.39 Å². The van der Waals surface area contributed by atoms with E-state index in [0.717, 1.165) is 31.5 Å². The number of pyridine rings is 1. The van der Waals surface area contributed by atoms with Gasteiger partial charge < -0.3 is 0 Å². The van der Waals surface area contributed by atoms with Gasteiger partial charge in [-0.1, -0.05) is 0 Å². The Hall–Kier alpha value is -1.00. The third-order valence-corrected chi connectivity index (χ3v) is 2.94. The van der Waals surface area contributed by atoms with E-state index in [4.69, 9.17) is 0 Å². The third-order valence-electron chi connectivity index (χ3n) is 2.94. The largest absolute Gasteiger partial charge is 0.261 e. The minimum absolute atomic E-state index is 0.242. The van der Waals surface area contributed by atoms with E-state index in [0.29, 0.717) is 5.92 Å². The van der Waals surface area contributed by atoms with Crippen LogP contribution < -0.4 is 5.43 Å². The first-order valence-electron chi connectivity index (χ1n) is 5.32. The maximum atomic E-state index is 13.0. The first-order valence-corrected chi connectivity index (χ1v) is 5.32. The van der Waals surface area contributed by atoms with Crippen molar-refractivity contribution in [1.29, 1.82) is 0 Å². The molecule has 0 spiro atoms. The van der Waals surface area contributed by atoms with Gasteiger partial charge in [0, 0.05) is 19.3 Å². The summed E-state index contributed by atoms with van der Waals surface area (Å²) < 4.78 is 13.0. The van der Waals surface area contributed by atoms with Gasteiger partial charge in [-0.2, -0.15) is 0 Å². The number of halogens is 1. The summed E-state index contributed by atoms with van der Waals surface area (Å²) in [7, 11) is 1.92. The third kappa shape index (κ3) is 2.52. The Labute approximate surface area is 89.3 Å². The number of nitrogens with one attached hydrogen (secondary N) is 1. The number of rotatable bonds is 2. The van der Waals surface area contributed by atoms with Crippen LogP contribution in [0.1, 0.15) is 24.3 Å². The van der Waals surface area contributed by atoms with Crippen LogP contribution in [0, 0.1) is 5.82 Å². The Morgan fingerprint density at radius 1 is 1.53 bits per heavy atom. The average molecular weight is 209 g/mol. The Morgan fingerprint density at radius 3 is 3.13 bits per heavy atom. The summed E-state index contributed by atoms with van der Waals surface area (Å²) >= 11 is 0. The average Bonchev–Trinajstić information content (AvgIpc) is 2.29. The zero-order chi connectivity index (χ0) is 10.7. The summed E-state index contributed by atoms with van der Waals surface area (Å²) in [5.41, 5.74) is 4.15. The van der Waals surface area contributed by atoms with E-state index < -0.39 is 0 Å². The van der Waals surface area contributed by atoms with E-state index in [9.17, 15) is 4.39 Å². The number of hydrogen-bond donors (Lipinski definition) is 1. The molecular weight excluding hydrogens is 193 g/mol. The number of nitrogens with zero attached hydrogens (tertiary/aromatic N) is 2. The Kier molecular flexibility index (Phi) is 3.28. The molecular formula is C11H16FN3. The molecule has 15 heavy (non-hydrogen) atoms. The van der Waals surface area contributed by atoms with Crippen LogP contribution in [0.15, 0.2) is 18.5 Å². The number of piperidine rings is 1. The SMILES string of the molecule is CNN1CCC[C@H](c2cncc(F)c2)C1. The fourth-order valence-corrected chi connectivity index (χ4v) is 2.10. The number of aromatic nitrogens is 1. The van der Waals surface area contributed by atoms with Crippen molar-refractivity contribution in [3.8, 4) is 0 Å². The van der Waals surface area contributed by atoms with Gasteiger partial charge in [0.1, 0.15) is 5.82 Å². The summed E-state index contributed by atoms with van der Waals surface area (Å²) in [5.74, 6) is 0.156. The highest BCUT2D eigenvalue weighted by Gasteiger charge is 2.20. The maximum absolute atomic E-state index is 13.0. The van der Waals surface area contributed by atoms with Gasteiger partial charge in [0.15, 0.2) is 0 Å². The van der Waals surface area contributed by atoms with Crippen LogP contribution in [0.3, 0.4) is 0 Å². The van der Waals surface area contributed by atoms with Crippen LogP contribution >= 0.6 is 0 Å². The fourth-order valence-electron chi connectivity index (χ4n) is 2.10. The zero-order valence-corrected chi connectivity index (χ0v) is 8.91. The van der Waals surface area contributed by atoms with Crippen molar-refractivity contribution in [1.82, 2.24) is 15.4 Å². The molecule has 0 aromatic carbocycles. The van der Waals surface area contributed by atoms with Crippen LogP contribution in [0.5, 0.6) is 0 Å². The lowest BCUT2D eigenvalue weighted by atomic mass is 9.92. The molecule has 1 fully saturated rings. The van der Waals surface area contributed by atoms with Crippen LogP contribution in [-0.4, -0.2) is 30.1 Å². The molecule has 0 radical (unpaired) electrons. The molecule has 0 aliphatic carbocycles. The zero-order valence-electron chi connectivity index (χ0n) is 8.91. The van der Waals surface area contributed by atoms with Gasteiger partial charge in [-0.3, -0.25) is 10.4 Å². The molecule has 2 rings (SSSR count). The molecule has 1 aliphatic rings. The fraction of sp³-hybridized carbons (Fsp3) is 0.545. The predicted molar refractivity (Wildman–Crippen MR) is 56.8 cm³/mol. The van der Waals surface area contributed by atoms with E-state index in [1.807, 2.05) is 7.05 Å². The van der Waals surface area contributed by atoms with Crippen molar-refractivity contribution in [3.63, 3.8) is 0 Å². The molecule has 0 saturated carbocycles. The summed E-state index contributed by atoms with van der Waals surface area (Å²) in [6, 6.07) is 1.59. The molecule has 1 aliphatic heterocycles. The molecule has 2 heterocycles. The molecule has 1 aromatic heterocycles. The lowest BCUT2D eigenvalue weighted by molar-refractivity contribution is 0.154. The van der Waals surface area contributed by atoms with Crippen molar-refractivity contribution < 1.29 is 4.39 Å². The second-order valence-electron chi connectivity index (χ2n) is 3.95. The predicted octanol–water partition coefficient (Wildman–Crippen LogP) is 1.53. The summed E-state index contributed by atoms with van der Waals surface area (Å²) in [4.78, 5) is 3.90. The van der Waals surface area contributed by atoms with E-state index in [1.165, 1.54) is 6.20 Å². The van der Waals surface area contributed by atoms with E-state index in [1.54, 1.807) is 12.3 Å². The number of hydrazine groups is 1. The number of hydrogen-bond acceptors (Lipinski definition) is 3. The summed E-state index contributed by atoms with van der Waals surface area (Å²) in [5, 5.41) is 2.17. The highest BCUT2D eigenvalue weighted by Crippen LogP contribution is 2.25. The molecule has 1 N–H and O–H groups in total. The summed E-state index contributed by atoms with van der Waals surface area (Å²) in [6.45, 7) is 2.00. The second-order valence-corrected chi connectivity index (χ2v) is 3.95. The molecule has 4 heteroatoms. The lowest BCUT2D eigenvalue weighted by Gasteiger charge is -2.31. The van der Waals surface area contributed by atoms with E-state index in [2.05, 4.69) is 15.4 Å².